The minimum atomic E-state index is -2.67. The molecule has 2 aromatic rings. The van der Waals surface area contributed by atoms with E-state index in [0.29, 0.717) is 11.1 Å². The van der Waals surface area contributed by atoms with Gasteiger partial charge in [0.1, 0.15) is 22.8 Å². The fourth-order valence-electron chi connectivity index (χ4n) is 6.70. The van der Waals surface area contributed by atoms with E-state index in [1.165, 1.54) is 16.2 Å². The van der Waals surface area contributed by atoms with Crippen LogP contribution in [0.5, 0.6) is 5.75 Å². The molecule has 1 aromatic heterocycles. The van der Waals surface area contributed by atoms with Crippen molar-refractivity contribution in [1.29, 1.82) is 0 Å². The number of likely N-dealkylation sites (N-methyl/N-ethyl adjacent to an activating group) is 1. The second-order valence-corrected chi connectivity index (χ2v) is 12.6. The molecule has 0 saturated heterocycles. The zero-order valence-corrected chi connectivity index (χ0v) is 25.0. The van der Waals surface area contributed by atoms with Crippen LogP contribution in [0.1, 0.15) is 35.8 Å². The number of nitrogens with two attached hydrogens (primary N) is 1. The average Bonchev–Trinajstić information content (AvgIpc) is 3.37. The molecule has 1 fully saturated rings. The molecule has 0 radical (unpaired) electrons. The molecule has 3 aliphatic carbocycles. The lowest BCUT2D eigenvalue weighted by atomic mass is 9.57. The Hall–Kier alpha value is -3.93. The van der Waals surface area contributed by atoms with Crippen molar-refractivity contribution in [2.45, 2.75) is 37.8 Å². The van der Waals surface area contributed by atoms with Crippen molar-refractivity contribution < 1.29 is 34.8 Å². The van der Waals surface area contributed by atoms with Crippen LogP contribution >= 0.6 is 11.3 Å². The number of aliphatic hydroxyl groups excluding tert-OH is 2. The van der Waals surface area contributed by atoms with Crippen LogP contribution < -0.4 is 10.6 Å². The minimum Gasteiger partial charge on any atom is -0.508 e. The van der Waals surface area contributed by atoms with Gasteiger partial charge in [-0.15, -0.1) is 11.3 Å². The van der Waals surface area contributed by atoms with E-state index in [0.717, 1.165) is 21.9 Å². The van der Waals surface area contributed by atoms with Crippen molar-refractivity contribution in [3.05, 3.63) is 57.2 Å². The maximum atomic E-state index is 14.1. The number of rotatable bonds is 6. The first-order valence-corrected chi connectivity index (χ1v) is 14.5. The zero-order chi connectivity index (χ0) is 30.8. The van der Waals surface area contributed by atoms with Crippen LogP contribution in [0.4, 0.5) is 5.69 Å². The Kier molecular flexibility index (Phi) is 7.33. The van der Waals surface area contributed by atoms with Crippen molar-refractivity contribution in [2.75, 3.05) is 33.1 Å². The zero-order valence-electron chi connectivity index (χ0n) is 24.1. The van der Waals surface area contributed by atoms with Crippen LogP contribution in [0.25, 0.3) is 22.3 Å². The Morgan fingerprint density at radius 2 is 1.86 bits per heavy atom. The Bertz CT molecular complexity index is 1620. The molecule has 222 valence electrons. The molecule has 4 atom stereocenters. The van der Waals surface area contributed by atoms with Gasteiger partial charge in [-0.3, -0.25) is 19.3 Å². The molecule has 1 saturated carbocycles. The Morgan fingerprint density at radius 3 is 2.45 bits per heavy atom. The number of hydrogen-bond donors (Lipinski definition) is 5. The third-order valence-electron chi connectivity index (χ3n) is 8.59. The van der Waals surface area contributed by atoms with Crippen LogP contribution in [0, 0.1) is 11.8 Å². The number of Topliss-reactive ketones (excluding diaryl/α,β-unsaturated/α-hetero) is 2. The van der Waals surface area contributed by atoms with Crippen molar-refractivity contribution >= 4 is 46.3 Å². The number of carbonyl (C=O) groups is 3. The van der Waals surface area contributed by atoms with Gasteiger partial charge in [-0.25, -0.2) is 0 Å². The number of aromatic hydroxyl groups is 1. The van der Waals surface area contributed by atoms with Crippen molar-refractivity contribution in [3.8, 4) is 16.2 Å². The van der Waals surface area contributed by atoms with E-state index in [4.69, 9.17) is 5.73 Å². The number of phenols is 1. The van der Waals surface area contributed by atoms with Gasteiger partial charge < -0.3 is 31.1 Å². The van der Waals surface area contributed by atoms with Crippen LogP contribution in [0.15, 0.2) is 41.2 Å². The standard InChI is InChI=1S/C31H35N3O7S/c1-6-7-8-15-9-10-20(42-15)17-13-19(33(2)3)16-11-14-12-18-24(34(4)5)27(37)23(30(32)40)29(39)31(18,41)28(38)21(14)26(36)22(16)25(17)35/h7-10,13-14,18,24,35-36,39,41H,6,11-12H2,1-5H3,(H2,32,40)/b8-7+. The number of primary amides is 1. The highest BCUT2D eigenvalue weighted by atomic mass is 32.1. The first-order valence-electron chi connectivity index (χ1n) is 13.7. The van der Waals surface area contributed by atoms with Gasteiger partial charge in [0.05, 0.1) is 11.6 Å². The molecule has 4 unspecified atom stereocenters. The van der Waals surface area contributed by atoms with Gasteiger partial charge >= 0.3 is 0 Å². The normalized spacial score (nSPS) is 25.6. The first-order chi connectivity index (χ1) is 19.7. The molecule has 0 aliphatic heterocycles. The van der Waals surface area contributed by atoms with E-state index in [1.54, 1.807) is 14.1 Å². The Labute approximate surface area is 247 Å². The molecule has 6 N–H and O–H groups in total. The molecule has 0 bridgehead atoms. The van der Waals surface area contributed by atoms with Crippen LogP contribution in [-0.4, -0.2) is 82.6 Å². The summed E-state index contributed by atoms with van der Waals surface area (Å²) >= 11 is 1.47. The summed E-state index contributed by atoms with van der Waals surface area (Å²) in [7, 11) is 6.84. The van der Waals surface area contributed by atoms with E-state index in [2.05, 4.69) is 0 Å². The van der Waals surface area contributed by atoms with E-state index in [-0.39, 0.29) is 29.7 Å². The molecular formula is C31H35N3O7S. The van der Waals surface area contributed by atoms with Gasteiger partial charge in [0.25, 0.3) is 5.91 Å². The second-order valence-electron chi connectivity index (χ2n) is 11.5. The molecule has 5 rings (SSSR count). The van der Waals surface area contributed by atoms with Gasteiger partial charge in [-0.2, -0.15) is 0 Å². The summed E-state index contributed by atoms with van der Waals surface area (Å²) in [4.78, 5) is 44.7. The summed E-state index contributed by atoms with van der Waals surface area (Å²) in [5, 5.41) is 46.1. The number of anilines is 1. The summed E-state index contributed by atoms with van der Waals surface area (Å²) in [6, 6.07) is 4.55. The lowest BCUT2D eigenvalue weighted by molar-refractivity contribution is -0.153. The molecule has 0 spiro atoms. The molecule has 42 heavy (non-hydrogen) atoms. The predicted octanol–water partition coefficient (Wildman–Crippen LogP) is 3.18. The number of ketones is 2. The number of amides is 1. The highest BCUT2D eigenvalue weighted by Gasteiger charge is 2.64. The number of benzene rings is 1. The molecule has 3 aliphatic rings. The minimum absolute atomic E-state index is 0.0409. The quantitative estimate of drug-likeness (QED) is 0.316. The summed E-state index contributed by atoms with van der Waals surface area (Å²) < 4.78 is 0. The SMILES string of the molecule is CC/C=C/c1ccc(-c2cc(N(C)C)c3c(c2O)C(O)=C2C(=O)C4(O)C(O)=C(C(N)=O)C(=O)C(N(C)C)C4CC2C3)s1. The van der Waals surface area contributed by atoms with E-state index in [1.807, 2.05) is 56.3 Å². The first kappa shape index (κ1) is 29.6. The van der Waals surface area contributed by atoms with Crippen molar-refractivity contribution in [1.82, 2.24) is 4.90 Å². The largest absolute Gasteiger partial charge is 0.508 e. The average molecular weight is 594 g/mol. The Morgan fingerprint density at radius 1 is 1.17 bits per heavy atom. The second kappa shape index (κ2) is 10.4. The van der Waals surface area contributed by atoms with Crippen LogP contribution in [-0.2, 0) is 20.8 Å². The molecule has 1 aromatic carbocycles. The molecule has 1 amide bonds. The number of nitrogens with zero attached hydrogens (tertiary/aromatic N) is 2. The summed E-state index contributed by atoms with van der Waals surface area (Å²) in [6.45, 7) is 2.04. The van der Waals surface area contributed by atoms with Gasteiger partial charge in [-0.05, 0) is 69.1 Å². The highest BCUT2D eigenvalue weighted by molar-refractivity contribution is 7.16. The monoisotopic (exact) mass is 593 g/mol. The number of hydrogen-bond acceptors (Lipinski definition) is 10. The number of allylic oxidation sites excluding steroid dienone is 1. The van der Waals surface area contributed by atoms with Crippen molar-refractivity contribution in [3.63, 3.8) is 0 Å². The van der Waals surface area contributed by atoms with E-state index >= 15 is 0 Å². The smallest absolute Gasteiger partial charge is 0.255 e. The highest BCUT2D eigenvalue weighted by Crippen LogP contribution is 2.55. The summed E-state index contributed by atoms with van der Waals surface area (Å²) in [6.07, 6.45) is 5.17. The van der Waals surface area contributed by atoms with Gasteiger partial charge in [-0.1, -0.05) is 13.0 Å². The topological polar surface area (TPSA) is 165 Å². The fraction of sp³-hybridized carbons (Fsp3) is 0.387. The number of carbonyl (C=O) groups excluding carboxylic acids is 3. The Balaban J connectivity index is 1.74. The van der Waals surface area contributed by atoms with Crippen LogP contribution in [0.2, 0.25) is 0 Å². The molecule has 11 heteroatoms. The number of aliphatic hydroxyl groups is 3. The summed E-state index contributed by atoms with van der Waals surface area (Å²) in [5.74, 6) is -6.63. The predicted molar refractivity (Wildman–Crippen MR) is 161 cm³/mol. The third kappa shape index (κ3) is 4.18. The van der Waals surface area contributed by atoms with Gasteiger partial charge in [0.2, 0.25) is 5.78 Å². The van der Waals surface area contributed by atoms with Gasteiger partial charge in [0, 0.05) is 46.6 Å². The fourth-order valence-corrected chi connectivity index (χ4v) is 7.66. The molecule has 1 heterocycles. The number of phenolic OH excluding ortho intramolecular Hbond substituents is 1. The maximum Gasteiger partial charge on any atom is 0.255 e. The number of thiophene rings is 1. The van der Waals surface area contributed by atoms with E-state index < -0.39 is 58.0 Å². The molecular weight excluding hydrogens is 558 g/mol. The lowest BCUT2D eigenvalue weighted by Crippen LogP contribution is -2.65. The van der Waals surface area contributed by atoms with E-state index in [9.17, 15) is 34.8 Å². The maximum absolute atomic E-state index is 14.1. The molecule has 10 nitrogen and oxygen atoms in total. The van der Waals surface area contributed by atoms with Gasteiger partial charge in [0.15, 0.2) is 11.4 Å². The lowest BCUT2D eigenvalue weighted by Gasteiger charge is -2.50. The van der Waals surface area contributed by atoms with Crippen LogP contribution in [0.3, 0.4) is 0 Å². The van der Waals surface area contributed by atoms with Crippen molar-refractivity contribution in [2.24, 2.45) is 17.6 Å². The summed E-state index contributed by atoms with van der Waals surface area (Å²) in [5.41, 5.74) is 3.63. The third-order valence-corrected chi connectivity index (χ3v) is 9.67. The number of fused-ring (bicyclic) bond motifs is 3.